The molecule has 1 saturated heterocycles. The Morgan fingerprint density at radius 1 is 1.00 bits per heavy atom. The molecule has 0 saturated carbocycles. The molecule has 2 aromatic rings. The molecule has 6 heteroatoms. The van der Waals surface area contributed by atoms with Crippen LogP contribution >= 0.6 is 0 Å². The van der Waals surface area contributed by atoms with Gasteiger partial charge < -0.3 is 9.64 Å². The largest absolute Gasteiger partial charge is 0.495 e. The number of ether oxygens (including phenoxy) is 1. The number of hydrogen-bond donors (Lipinski definition) is 0. The summed E-state index contributed by atoms with van der Waals surface area (Å²) in [6.07, 6.45) is 6.50. The highest BCUT2D eigenvalue weighted by Gasteiger charge is 2.18. The van der Waals surface area contributed by atoms with E-state index in [4.69, 9.17) is 4.74 Å². The van der Waals surface area contributed by atoms with Crippen LogP contribution in [0.25, 0.3) is 0 Å². The van der Waals surface area contributed by atoms with Crippen LogP contribution in [0.2, 0.25) is 0 Å². The van der Waals surface area contributed by atoms with E-state index in [1.54, 1.807) is 19.5 Å². The standard InChI is InChI=1S/C16H21N5O/c1-22-15-5-2-6-17-14(15)13-20-9-4-10-21(12-11-20)16-18-7-3-8-19-16/h2-3,5-8H,4,9-13H2,1H3. The van der Waals surface area contributed by atoms with E-state index in [9.17, 15) is 0 Å². The molecule has 0 spiro atoms. The summed E-state index contributed by atoms with van der Waals surface area (Å²) in [6, 6.07) is 5.71. The molecule has 1 aliphatic heterocycles. The summed E-state index contributed by atoms with van der Waals surface area (Å²) in [6.45, 7) is 4.74. The predicted octanol–water partition coefficient (Wildman–Crippen LogP) is 1.59. The molecule has 0 bridgehead atoms. The van der Waals surface area contributed by atoms with Crippen LogP contribution in [0.4, 0.5) is 5.95 Å². The molecule has 3 rings (SSSR count). The van der Waals surface area contributed by atoms with Gasteiger partial charge in [-0.15, -0.1) is 0 Å². The van der Waals surface area contributed by atoms with Gasteiger partial charge in [0, 0.05) is 51.3 Å². The maximum atomic E-state index is 5.39. The van der Waals surface area contributed by atoms with E-state index in [2.05, 4.69) is 24.8 Å². The second-order valence-electron chi connectivity index (χ2n) is 5.32. The van der Waals surface area contributed by atoms with Gasteiger partial charge in [-0.05, 0) is 24.6 Å². The zero-order valence-electron chi connectivity index (χ0n) is 12.9. The maximum absolute atomic E-state index is 5.39. The first-order chi connectivity index (χ1) is 10.9. The summed E-state index contributed by atoms with van der Waals surface area (Å²) in [4.78, 5) is 17.8. The number of pyridine rings is 1. The Balaban J connectivity index is 1.63. The molecule has 0 unspecified atom stereocenters. The number of nitrogens with zero attached hydrogens (tertiary/aromatic N) is 5. The Labute approximate surface area is 130 Å². The Bertz CT molecular complexity index is 592. The van der Waals surface area contributed by atoms with E-state index in [-0.39, 0.29) is 0 Å². The highest BCUT2D eigenvalue weighted by molar-refractivity contribution is 5.29. The summed E-state index contributed by atoms with van der Waals surface area (Å²) < 4.78 is 5.39. The van der Waals surface area contributed by atoms with Crippen LogP contribution < -0.4 is 9.64 Å². The monoisotopic (exact) mass is 299 g/mol. The summed E-state index contributed by atoms with van der Waals surface area (Å²) >= 11 is 0. The zero-order valence-corrected chi connectivity index (χ0v) is 12.9. The average molecular weight is 299 g/mol. The fourth-order valence-electron chi connectivity index (χ4n) is 2.72. The first kappa shape index (κ1) is 14.7. The van der Waals surface area contributed by atoms with Crippen LogP contribution in [-0.4, -0.2) is 53.1 Å². The van der Waals surface area contributed by atoms with Gasteiger partial charge in [-0.2, -0.15) is 0 Å². The van der Waals surface area contributed by atoms with Crippen molar-refractivity contribution in [3.63, 3.8) is 0 Å². The Hall–Kier alpha value is -2.21. The smallest absolute Gasteiger partial charge is 0.225 e. The molecule has 0 aromatic carbocycles. The SMILES string of the molecule is COc1cccnc1CN1CCCN(c2ncccn2)CC1. The maximum Gasteiger partial charge on any atom is 0.225 e. The molecule has 1 fully saturated rings. The lowest BCUT2D eigenvalue weighted by atomic mass is 10.3. The van der Waals surface area contributed by atoms with E-state index < -0.39 is 0 Å². The van der Waals surface area contributed by atoms with Gasteiger partial charge in [0.05, 0.1) is 12.8 Å². The minimum absolute atomic E-state index is 0.813. The van der Waals surface area contributed by atoms with Crippen molar-refractivity contribution in [1.29, 1.82) is 0 Å². The topological polar surface area (TPSA) is 54.4 Å². The van der Waals surface area contributed by atoms with Gasteiger partial charge in [0.2, 0.25) is 5.95 Å². The number of anilines is 1. The third kappa shape index (κ3) is 3.51. The second-order valence-corrected chi connectivity index (χ2v) is 5.32. The molecule has 1 aliphatic rings. The molecule has 116 valence electrons. The quantitative estimate of drug-likeness (QED) is 0.854. The molecule has 0 N–H and O–H groups in total. The van der Waals surface area contributed by atoms with Gasteiger partial charge in [0.15, 0.2) is 0 Å². The minimum atomic E-state index is 0.813. The summed E-state index contributed by atoms with van der Waals surface area (Å²) in [5.41, 5.74) is 0.995. The lowest BCUT2D eigenvalue weighted by molar-refractivity contribution is 0.275. The van der Waals surface area contributed by atoms with Crippen molar-refractivity contribution in [2.75, 3.05) is 38.2 Å². The molecule has 22 heavy (non-hydrogen) atoms. The average Bonchev–Trinajstić information content (AvgIpc) is 2.82. The van der Waals surface area contributed by atoms with Gasteiger partial charge >= 0.3 is 0 Å². The van der Waals surface area contributed by atoms with Gasteiger partial charge in [0.1, 0.15) is 5.75 Å². The molecule has 3 heterocycles. The molecule has 0 atom stereocenters. The molecule has 0 radical (unpaired) electrons. The van der Waals surface area contributed by atoms with Crippen molar-refractivity contribution < 1.29 is 4.74 Å². The first-order valence-corrected chi connectivity index (χ1v) is 7.59. The van der Waals surface area contributed by atoms with Crippen LogP contribution in [0.15, 0.2) is 36.8 Å². The summed E-state index contributed by atoms with van der Waals surface area (Å²) in [5, 5.41) is 0. The van der Waals surface area contributed by atoms with Crippen molar-refractivity contribution in [2.45, 2.75) is 13.0 Å². The second kappa shape index (κ2) is 7.17. The zero-order chi connectivity index (χ0) is 15.2. The summed E-state index contributed by atoms with van der Waals surface area (Å²) in [7, 11) is 1.69. The van der Waals surface area contributed by atoms with Crippen LogP contribution in [0.5, 0.6) is 5.75 Å². The lowest BCUT2D eigenvalue weighted by Gasteiger charge is -2.22. The minimum Gasteiger partial charge on any atom is -0.495 e. The molecule has 0 amide bonds. The van der Waals surface area contributed by atoms with E-state index in [0.29, 0.717) is 0 Å². The fraction of sp³-hybridized carbons (Fsp3) is 0.438. The van der Waals surface area contributed by atoms with Crippen molar-refractivity contribution in [1.82, 2.24) is 19.9 Å². The van der Waals surface area contributed by atoms with Crippen LogP contribution in [0, 0.1) is 0 Å². The van der Waals surface area contributed by atoms with Gasteiger partial charge in [0.25, 0.3) is 0 Å². The van der Waals surface area contributed by atoms with Gasteiger partial charge in [-0.3, -0.25) is 9.88 Å². The Morgan fingerprint density at radius 2 is 1.82 bits per heavy atom. The lowest BCUT2D eigenvalue weighted by Crippen LogP contribution is -2.31. The van der Waals surface area contributed by atoms with Crippen LogP contribution in [0.3, 0.4) is 0 Å². The summed E-state index contributed by atoms with van der Waals surface area (Å²) in [5.74, 6) is 1.68. The molecular weight excluding hydrogens is 278 g/mol. The number of hydrogen-bond acceptors (Lipinski definition) is 6. The molecule has 0 aliphatic carbocycles. The van der Waals surface area contributed by atoms with Crippen molar-refractivity contribution in [3.05, 3.63) is 42.5 Å². The normalized spacial score (nSPS) is 16.3. The van der Waals surface area contributed by atoms with E-state index in [1.165, 1.54) is 0 Å². The van der Waals surface area contributed by atoms with Crippen molar-refractivity contribution >= 4 is 5.95 Å². The van der Waals surface area contributed by atoms with Crippen molar-refractivity contribution in [3.8, 4) is 5.75 Å². The van der Waals surface area contributed by atoms with Crippen LogP contribution in [0.1, 0.15) is 12.1 Å². The van der Waals surface area contributed by atoms with Gasteiger partial charge in [-0.25, -0.2) is 9.97 Å². The number of aromatic nitrogens is 3. The third-order valence-corrected chi connectivity index (χ3v) is 3.87. The molecular formula is C16H21N5O. The third-order valence-electron chi connectivity index (χ3n) is 3.87. The fourth-order valence-corrected chi connectivity index (χ4v) is 2.72. The number of methoxy groups -OCH3 is 1. The van der Waals surface area contributed by atoms with E-state index in [1.807, 2.05) is 24.4 Å². The molecule has 2 aromatic heterocycles. The van der Waals surface area contributed by atoms with Gasteiger partial charge in [-0.1, -0.05) is 0 Å². The molecule has 6 nitrogen and oxygen atoms in total. The van der Waals surface area contributed by atoms with E-state index in [0.717, 1.165) is 56.5 Å². The highest BCUT2D eigenvalue weighted by Crippen LogP contribution is 2.18. The Kier molecular flexibility index (Phi) is 4.80. The predicted molar refractivity (Wildman–Crippen MR) is 84.9 cm³/mol. The van der Waals surface area contributed by atoms with Crippen molar-refractivity contribution in [2.24, 2.45) is 0 Å². The first-order valence-electron chi connectivity index (χ1n) is 7.59. The number of rotatable bonds is 4. The Morgan fingerprint density at radius 3 is 2.64 bits per heavy atom. The van der Waals surface area contributed by atoms with Crippen LogP contribution in [-0.2, 0) is 6.54 Å². The highest BCUT2D eigenvalue weighted by atomic mass is 16.5. The van der Waals surface area contributed by atoms with E-state index >= 15 is 0 Å².